The van der Waals surface area contributed by atoms with E-state index in [1.807, 2.05) is 85.8 Å². The maximum Gasteiger partial charge on any atom is 0.242 e. The molecule has 0 aliphatic carbocycles. The fraction of sp³-hybridized carbons (Fsp3) is 0.286. The predicted molar refractivity (Wildman–Crippen MR) is 139 cm³/mol. The van der Waals surface area contributed by atoms with Crippen molar-refractivity contribution in [3.63, 3.8) is 0 Å². The van der Waals surface area contributed by atoms with Gasteiger partial charge in [0.05, 0.1) is 6.61 Å². The standard InChI is InChI=1S/C28H31BrN2O3/c1-21-10-16-25(17-11-21)34-18-6-9-27(32)31(20-23-12-14-24(29)15-13-23)26(28(33)30-2)19-22-7-4-3-5-8-22/h3-5,7-8,10-17,26H,6,9,18-20H2,1-2H3,(H,30,33)/t26-/m0/s1. The van der Waals surface area contributed by atoms with Gasteiger partial charge in [-0.05, 0) is 48.7 Å². The Bertz CT molecular complexity index is 1050. The SMILES string of the molecule is CNC(=O)[C@H](Cc1ccccc1)N(Cc1ccc(Br)cc1)C(=O)CCCOc1ccc(C)cc1. The van der Waals surface area contributed by atoms with E-state index in [-0.39, 0.29) is 11.8 Å². The van der Waals surface area contributed by atoms with Crippen LogP contribution >= 0.6 is 15.9 Å². The molecule has 0 heterocycles. The van der Waals surface area contributed by atoms with Gasteiger partial charge in [0.2, 0.25) is 11.8 Å². The summed E-state index contributed by atoms with van der Waals surface area (Å²) < 4.78 is 6.76. The molecule has 0 aliphatic heterocycles. The van der Waals surface area contributed by atoms with E-state index in [1.54, 1.807) is 11.9 Å². The Balaban J connectivity index is 1.73. The second-order valence-corrected chi connectivity index (χ2v) is 9.15. The largest absolute Gasteiger partial charge is 0.494 e. The number of nitrogens with zero attached hydrogens (tertiary/aromatic N) is 1. The molecule has 0 saturated carbocycles. The number of hydrogen-bond donors (Lipinski definition) is 1. The first kappa shape index (κ1) is 25.5. The van der Waals surface area contributed by atoms with E-state index in [4.69, 9.17) is 4.74 Å². The number of benzene rings is 3. The molecule has 0 fully saturated rings. The normalized spacial score (nSPS) is 11.5. The molecule has 3 aromatic rings. The third-order valence-corrected chi connectivity index (χ3v) is 6.14. The van der Waals surface area contributed by atoms with Gasteiger partial charge in [0.25, 0.3) is 0 Å². The summed E-state index contributed by atoms with van der Waals surface area (Å²) in [4.78, 5) is 28.0. The van der Waals surface area contributed by atoms with Crippen LogP contribution in [0.2, 0.25) is 0 Å². The molecule has 0 aromatic heterocycles. The predicted octanol–water partition coefficient (Wildman–Crippen LogP) is 5.30. The van der Waals surface area contributed by atoms with Crippen LogP contribution in [-0.4, -0.2) is 36.4 Å². The molecule has 0 spiro atoms. The van der Waals surface area contributed by atoms with Crippen LogP contribution < -0.4 is 10.1 Å². The number of hydrogen-bond acceptors (Lipinski definition) is 3. The number of halogens is 1. The molecule has 1 atom stereocenters. The second-order valence-electron chi connectivity index (χ2n) is 8.23. The molecule has 2 amide bonds. The van der Waals surface area contributed by atoms with Crippen molar-refractivity contribution in [3.05, 3.63) is 100 Å². The number of carbonyl (C=O) groups is 2. The molecular formula is C28H31BrN2O3. The number of ether oxygens (including phenoxy) is 1. The van der Waals surface area contributed by atoms with Crippen LogP contribution in [0.1, 0.15) is 29.5 Å². The Morgan fingerprint density at radius 1 is 0.941 bits per heavy atom. The van der Waals surface area contributed by atoms with E-state index in [2.05, 4.69) is 21.2 Å². The molecule has 5 nitrogen and oxygen atoms in total. The zero-order valence-corrected chi connectivity index (χ0v) is 21.3. The van der Waals surface area contributed by atoms with Crippen molar-refractivity contribution in [3.8, 4) is 5.75 Å². The Kier molecular flexibility index (Phi) is 9.71. The lowest BCUT2D eigenvalue weighted by Crippen LogP contribution is -2.49. The van der Waals surface area contributed by atoms with E-state index in [0.717, 1.165) is 21.3 Å². The van der Waals surface area contributed by atoms with Crippen molar-refractivity contribution < 1.29 is 14.3 Å². The zero-order valence-electron chi connectivity index (χ0n) is 19.7. The first-order valence-corrected chi connectivity index (χ1v) is 12.2. The van der Waals surface area contributed by atoms with Gasteiger partial charge < -0.3 is 15.0 Å². The van der Waals surface area contributed by atoms with Gasteiger partial charge >= 0.3 is 0 Å². The van der Waals surface area contributed by atoms with Crippen LogP contribution in [0.4, 0.5) is 0 Å². The Labute approximate surface area is 210 Å². The van der Waals surface area contributed by atoms with Gasteiger partial charge in [-0.15, -0.1) is 0 Å². The van der Waals surface area contributed by atoms with Crippen molar-refractivity contribution in [2.75, 3.05) is 13.7 Å². The number of nitrogens with one attached hydrogen (secondary N) is 1. The average Bonchev–Trinajstić information content (AvgIpc) is 2.86. The number of rotatable bonds is 11. The van der Waals surface area contributed by atoms with E-state index in [9.17, 15) is 9.59 Å². The van der Waals surface area contributed by atoms with Crippen LogP contribution in [0.15, 0.2) is 83.3 Å². The minimum Gasteiger partial charge on any atom is -0.494 e. The van der Waals surface area contributed by atoms with Crippen molar-refractivity contribution in [2.45, 2.75) is 38.8 Å². The van der Waals surface area contributed by atoms with E-state index in [0.29, 0.717) is 32.4 Å². The molecule has 6 heteroatoms. The molecule has 0 unspecified atom stereocenters. The Morgan fingerprint density at radius 3 is 2.26 bits per heavy atom. The summed E-state index contributed by atoms with van der Waals surface area (Å²) in [5.41, 5.74) is 3.15. The molecule has 1 N–H and O–H groups in total. The summed E-state index contributed by atoms with van der Waals surface area (Å²) in [6.07, 6.45) is 1.31. The highest BCUT2D eigenvalue weighted by molar-refractivity contribution is 9.10. The van der Waals surface area contributed by atoms with E-state index in [1.165, 1.54) is 5.56 Å². The highest BCUT2D eigenvalue weighted by Crippen LogP contribution is 2.18. The van der Waals surface area contributed by atoms with Gasteiger partial charge in [-0.1, -0.05) is 76.1 Å². The van der Waals surface area contributed by atoms with Crippen LogP contribution in [0.5, 0.6) is 5.75 Å². The molecule has 0 radical (unpaired) electrons. The molecule has 0 saturated heterocycles. The van der Waals surface area contributed by atoms with Gasteiger partial charge in [-0.25, -0.2) is 0 Å². The monoisotopic (exact) mass is 522 g/mol. The molecule has 3 aromatic carbocycles. The summed E-state index contributed by atoms with van der Waals surface area (Å²) in [7, 11) is 1.61. The Morgan fingerprint density at radius 2 is 1.62 bits per heavy atom. The summed E-state index contributed by atoms with van der Waals surface area (Å²) in [5.74, 6) is 0.544. The van der Waals surface area contributed by atoms with Crippen LogP contribution in [0, 0.1) is 6.92 Å². The molecule has 0 bridgehead atoms. The number of amides is 2. The first-order valence-electron chi connectivity index (χ1n) is 11.4. The van der Waals surface area contributed by atoms with Gasteiger partial charge in [0, 0.05) is 30.9 Å². The third-order valence-electron chi connectivity index (χ3n) is 5.61. The van der Waals surface area contributed by atoms with Gasteiger partial charge in [0.1, 0.15) is 11.8 Å². The van der Waals surface area contributed by atoms with E-state index >= 15 is 0 Å². The number of likely N-dealkylation sites (N-methyl/N-ethyl adjacent to an activating group) is 1. The minimum absolute atomic E-state index is 0.0695. The minimum atomic E-state index is -0.610. The number of aryl methyl sites for hydroxylation is 1. The first-order chi connectivity index (χ1) is 16.5. The fourth-order valence-corrected chi connectivity index (χ4v) is 3.96. The van der Waals surface area contributed by atoms with Crippen molar-refractivity contribution in [2.24, 2.45) is 0 Å². The quantitative estimate of drug-likeness (QED) is 0.347. The van der Waals surface area contributed by atoms with Crippen LogP contribution in [0.25, 0.3) is 0 Å². The van der Waals surface area contributed by atoms with Crippen molar-refractivity contribution in [1.82, 2.24) is 10.2 Å². The smallest absolute Gasteiger partial charge is 0.242 e. The van der Waals surface area contributed by atoms with Crippen LogP contribution in [-0.2, 0) is 22.6 Å². The van der Waals surface area contributed by atoms with Gasteiger partial charge in [-0.3, -0.25) is 9.59 Å². The average molecular weight is 523 g/mol. The fourth-order valence-electron chi connectivity index (χ4n) is 3.70. The summed E-state index contributed by atoms with van der Waals surface area (Å²) in [6.45, 7) is 2.82. The molecule has 0 aliphatic rings. The Hall–Kier alpha value is -3.12. The van der Waals surface area contributed by atoms with Gasteiger partial charge in [0.15, 0.2) is 0 Å². The lowest BCUT2D eigenvalue weighted by Gasteiger charge is -2.31. The van der Waals surface area contributed by atoms with Crippen LogP contribution in [0.3, 0.4) is 0 Å². The highest BCUT2D eigenvalue weighted by Gasteiger charge is 2.29. The van der Waals surface area contributed by atoms with E-state index < -0.39 is 6.04 Å². The maximum absolute atomic E-state index is 13.4. The lowest BCUT2D eigenvalue weighted by molar-refractivity contribution is -0.141. The highest BCUT2D eigenvalue weighted by atomic mass is 79.9. The second kappa shape index (κ2) is 12.9. The van der Waals surface area contributed by atoms with Crippen molar-refractivity contribution in [1.29, 1.82) is 0 Å². The summed E-state index contributed by atoms with van der Waals surface area (Å²) >= 11 is 3.45. The third kappa shape index (κ3) is 7.73. The summed E-state index contributed by atoms with van der Waals surface area (Å²) in [5, 5.41) is 2.74. The molecule has 3 rings (SSSR count). The van der Waals surface area contributed by atoms with Crippen molar-refractivity contribution >= 4 is 27.7 Å². The molecule has 178 valence electrons. The maximum atomic E-state index is 13.4. The topological polar surface area (TPSA) is 58.6 Å². The lowest BCUT2D eigenvalue weighted by atomic mass is 10.0. The number of carbonyl (C=O) groups excluding carboxylic acids is 2. The molecule has 34 heavy (non-hydrogen) atoms. The van der Waals surface area contributed by atoms with Gasteiger partial charge in [-0.2, -0.15) is 0 Å². The summed E-state index contributed by atoms with van der Waals surface area (Å²) in [6, 6.07) is 24.9. The molecular weight excluding hydrogens is 492 g/mol. The zero-order chi connectivity index (χ0) is 24.3.